The quantitative estimate of drug-likeness (QED) is 0.256. The summed E-state index contributed by atoms with van der Waals surface area (Å²) in [4.78, 5) is 7.09. The number of hydrogen-bond acceptors (Lipinski definition) is 3. The largest absolute Gasteiger partial charge is 0.357 e. The first-order chi connectivity index (χ1) is 12.8. The lowest BCUT2D eigenvalue weighted by molar-refractivity contribution is 0.434. The van der Waals surface area contributed by atoms with Crippen LogP contribution in [0.5, 0.6) is 0 Å². The summed E-state index contributed by atoms with van der Waals surface area (Å²) >= 11 is 0. The van der Waals surface area contributed by atoms with E-state index in [0.29, 0.717) is 5.92 Å². The van der Waals surface area contributed by atoms with Crippen LogP contribution in [0.3, 0.4) is 0 Å². The van der Waals surface area contributed by atoms with Crippen molar-refractivity contribution in [3.8, 4) is 0 Å². The summed E-state index contributed by atoms with van der Waals surface area (Å²) in [6, 6.07) is 0. The van der Waals surface area contributed by atoms with E-state index >= 15 is 0 Å². The molecule has 0 saturated carbocycles. The Morgan fingerprint density at radius 1 is 0.962 bits per heavy atom. The summed E-state index contributed by atoms with van der Waals surface area (Å²) in [7, 11) is 0. The molecule has 0 spiro atoms. The molecule has 0 aliphatic carbocycles. The number of rotatable bonds is 17. The van der Waals surface area contributed by atoms with Crippen molar-refractivity contribution in [3.05, 3.63) is 12.2 Å². The highest BCUT2D eigenvalue weighted by molar-refractivity contribution is 5.85. The van der Waals surface area contributed by atoms with Crippen molar-refractivity contribution in [2.24, 2.45) is 16.6 Å². The average Bonchev–Trinajstić information content (AvgIpc) is 3.10. The van der Waals surface area contributed by atoms with E-state index < -0.39 is 0 Å². The molecule has 2 N–H and O–H groups in total. The van der Waals surface area contributed by atoms with Crippen LogP contribution in [-0.2, 0) is 0 Å². The summed E-state index contributed by atoms with van der Waals surface area (Å²) in [6.07, 6.45) is 22.5. The predicted octanol–water partition coefficient (Wildman–Crippen LogP) is 5.94. The number of unbranched alkanes of at least 4 members (excludes halogenated alkanes) is 10. The van der Waals surface area contributed by atoms with Crippen molar-refractivity contribution in [1.82, 2.24) is 4.90 Å². The standard InChI is InChI=1S/C23H45N3/c1-3-4-5-6-7-8-9-10-11-12-13-14-15-16-17-22(2)23-25-19-21-26(23)20-18-24/h10-11,22H,3-9,12-21,24H2,1-2H3. The van der Waals surface area contributed by atoms with Gasteiger partial charge in [0.25, 0.3) is 0 Å². The molecule has 0 bridgehead atoms. The van der Waals surface area contributed by atoms with Crippen LogP contribution in [-0.4, -0.2) is 36.9 Å². The summed E-state index contributed by atoms with van der Waals surface area (Å²) in [6.45, 7) is 8.35. The molecule has 1 aliphatic heterocycles. The van der Waals surface area contributed by atoms with Crippen LogP contribution in [0, 0.1) is 5.92 Å². The smallest absolute Gasteiger partial charge is 0.102 e. The highest BCUT2D eigenvalue weighted by atomic mass is 15.2. The van der Waals surface area contributed by atoms with E-state index in [-0.39, 0.29) is 0 Å². The van der Waals surface area contributed by atoms with Gasteiger partial charge in [0.1, 0.15) is 5.84 Å². The van der Waals surface area contributed by atoms with E-state index in [1.54, 1.807) is 0 Å². The maximum atomic E-state index is 5.70. The number of amidine groups is 1. The molecule has 0 fully saturated rings. The molecule has 1 aliphatic rings. The molecular formula is C23H45N3. The van der Waals surface area contributed by atoms with Crippen molar-refractivity contribution in [2.45, 2.75) is 97.3 Å². The highest BCUT2D eigenvalue weighted by Gasteiger charge is 2.21. The molecule has 0 aromatic rings. The van der Waals surface area contributed by atoms with Gasteiger partial charge in [-0.25, -0.2) is 0 Å². The van der Waals surface area contributed by atoms with Crippen LogP contribution in [0.2, 0.25) is 0 Å². The minimum Gasteiger partial charge on any atom is -0.357 e. The van der Waals surface area contributed by atoms with Gasteiger partial charge in [0.05, 0.1) is 6.54 Å². The lowest BCUT2D eigenvalue weighted by atomic mass is 10.0. The van der Waals surface area contributed by atoms with Crippen LogP contribution in [0.4, 0.5) is 0 Å². The molecule has 0 amide bonds. The molecule has 0 aromatic carbocycles. The number of aliphatic imine (C=N–C) groups is 1. The number of allylic oxidation sites excluding steroid dienone is 2. The number of nitrogens with zero attached hydrogens (tertiary/aromatic N) is 2. The molecule has 0 aromatic heterocycles. The summed E-state index contributed by atoms with van der Waals surface area (Å²) in [5.74, 6) is 1.91. The zero-order chi connectivity index (χ0) is 18.9. The molecule has 3 heteroatoms. The molecule has 1 atom stereocenters. The van der Waals surface area contributed by atoms with Crippen LogP contribution >= 0.6 is 0 Å². The van der Waals surface area contributed by atoms with Crippen LogP contribution in [0.1, 0.15) is 97.3 Å². The zero-order valence-corrected chi connectivity index (χ0v) is 17.7. The molecule has 1 heterocycles. The van der Waals surface area contributed by atoms with E-state index in [0.717, 1.165) is 26.2 Å². The van der Waals surface area contributed by atoms with Gasteiger partial charge < -0.3 is 10.6 Å². The Labute approximate surface area is 163 Å². The molecule has 26 heavy (non-hydrogen) atoms. The second kappa shape index (κ2) is 16.4. The number of nitrogens with two attached hydrogens (primary N) is 1. The summed E-state index contributed by atoms with van der Waals surface area (Å²) in [5, 5.41) is 0. The van der Waals surface area contributed by atoms with Crippen LogP contribution in [0.15, 0.2) is 17.1 Å². The maximum Gasteiger partial charge on any atom is 0.102 e. The normalized spacial score (nSPS) is 15.8. The molecule has 152 valence electrons. The summed E-state index contributed by atoms with van der Waals surface area (Å²) in [5.41, 5.74) is 5.70. The molecule has 3 nitrogen and oxygen atoms in total. The Morgan fingerprint density at radius 2 is 1.58 bits per heavy atom. The van der Waals surface area contributed by atoms with Crippen molar-refractivity contribution >= 4 is 5.84 Å². The highest BCUT2D eigenvalue weighted by Crippen LogP contribution is 2.17. The lowest BCUT2D eigenvalue weighted by Gasteiger charge is -2.23. The van der Waals surface area contributed by atoms with Crippen molar-refractivity contribution in [1.29, 1.82) is 0 Å². The van der Waals surface area contributed by atoms with Gasteiger partial charge in [-0.2, -0.15) is 0 Å². The lowest BCUT2D eigenvalue weighted by Crippen LogP contribution is -2.36. The van der Waals surface area contributed by atoms with Crippen LogP contribution in [0.25, 0.3) is 0 Å². The maximum absolute atomic E-state index is 5.70. The molecule has 0 saturated heterocycles. The second-order valence-corrected chi connectivity index (χ2v) is 7.94. The SMILES string of the molecule is CCCCCCCCC=CCCCCCCC(C)C1=NCCN1CCN. The van der Waals surface area contributed by atoms with E-state index in [9.17, 15) is 0 Å². The topological polar surface area (TPSA) is 41.6 Å². The zero-order valence-electron chi connectivity index (χ0n) is 17.7. The summed E-state index contributed by atoms with van der Waals surface area (Å²) < 4.78 is 0. The third-order valence-corrected chi connectivity index (χ3v) is 5.46. The van der Waals surface area contributed by atoms with E-state index in [2.05, 4.69) is 30.9 Å². The van der Waals surface area contributed by atoms with Gasteiger partial charge in [-0.1, -0.05) is 77.4 Å². The fourth-order valence-corrected chi connectivity index (χ4v) is 3.82. The second-order valence-electron chi connectivity index (χ2n) is 7.94. The average molecular weight is 364 g/mol. The monoisotopic (exact) mass is 363 g/mol. The molecule has 1 unspecified atom stereocenters. The molecule has 1 rings (SSSR count). The fraction of sp³-hybridized carbons (Fsp3) is 0.870. The molecular weight excluding hydrogens is 318 g/mol. The van der Waals surface area contributed by atoms with Gasteiger partial charge in [0, 0.05) is 25.6 Å². The van der Waals surface area contributed by atoms with E-state index in [1.807, 2.05) is 0 Å². The third-order valence-electron chi connectivity index (χ3n) is 5.46. The van der Waals surface area contributed by atoms with Gasteiger partial charge in [0.15, 0.2) is 0 Å². The van der Waals surface area contributed by atoms with Crippen LogP contribution < -0.4 is 5.73 Å². The van der Waals surface area contributed by atoms with E-state index in [1.165, 1.54) is 89.3 Å². The van der Waals surface area contributed by atoms with Gasteiger partial charge in [0.2, 0.25) is 0 Å². The molecule has 0 radical (unpaired) electrons. The Kier molecular flexibility index (Phi) is 14.6. The first kappa shape index (κ1) is 23.2. The third kappa shape index (κ3) is 11.0. The minimum atomic E-state index is 0.598. The Hall–Kier alpha value is -0.830. The van der Waals surface area contributed by atoms with Crippen molar-refractivity contribution in [2.75, 3.05) is 26.2 Å². The van der Waals surface area contributed by atoms with E-state index in [4.69, 9.17) is 10.7 Å². The number of hydrogen-bond donors (Lipinski definition) is 1. The fourth-order valence-electron chi connectivity index (χ4n) is 3.82. The Morgan fingerprint density at radius 3 is 2.23 bits per heavy atom. The van der Waals surface area contributed by atoms with Gasteiger partial charge in [-0.05, 0) is 32.1 Å². The first-order valence-corrected chi connectivity index (χ1v) is 11.4. The Bertz CT molecular complexity index is 376. The Balaban J connectivity index is 1.90. The van der Waals surface area contributed by atoms with Crippen molar-refractivity contribution < 1.29 is 0 Å². The predicted molar refractivity (Wildman–Crippen MR) is 117 cm³/mol. The van der Waals surface area contributed by atoms with Gasteiger partial charge in [-0.15, -0.1) is 0 Å². The van der Waals surface area contributed by atoms with Gasteiger partial charge in [-0.3, -0.25) is 4.99 Å². The minimum absolute atomic E-state index is 0.598. The van der Waals surface area contributed by atoms with Crippen molar-refractivity contribution in [3.63, 3.8) is 0 Å². The first-order valence-electron chi connectivity index (χ1n) is 11.4. The van der Waals surface area contributed by atoms with Gasteiger partial charge >= 0.3 is 0 Å².